The van der Waals surface area contributed by atoms with Gasteiger partial charge in [0.25, 0.3) is 0 Å². The lowest BCUT2D eigenvalue weighted by Gasteiger charge is -2.17. The lowest BCUT2D eigenvalue weighted by molar-refractivity contribution is 1.18. The van der Waals surface area contributed by atoms with Crippen LogP contribution in [0.25, 0.3) is 77.2 Å². The van der Waals surface area contributed by atoms with Crippen molar-refractivity contribution in [2.75, 3.05) is 0 Å². The van der Waals surface area contributed by atoms with E-state index in [1.54, 1.807) is 0 Å². The van der Waals surface area contributed by atoms with Gasteiger partial charge >= 0.3 is 0 Å². The maximum atomic E-state index is 10.0. The summed E-state index contributed by atoms with van der Waals surface area (Å²) in [5, 5.41) is 14.9. The van der Waals surface area contributed by atoms with E-state index in [9.17, 15) is 5.26 Å². The van der Waals surface area contributed by atoms with E-state index in [0.29, 0.717) is 5.56 Å². The molecule has 0 amide bonds. The molecule has 0 aliphatic heterocycles. The molecular formula is C43H27N3. The monoisotopic (exact) mass is 585 g/mol. The third-order valence-electron chi connectivity index (χ3n) is 9.16. The molecule has 46 heavy (non-hydrogen) atoms. The van der Waals surface area contributed by atoms with Crippen LogP contribution in [0.3, 0.4) is 0 Å². The van der Waals surface area contributed by atoms with E-state index in [-0.39, 0.29) is 0 Å². The number of hydrogen-bond acceptors (Lipinski definition) is 1. The summed E-state index contributed by atoms with van der Waals surface area (Å²) in [4.78, 5) is 0. The van der Waals surface area contributed by atoms with Gasteiger partial charge in [0.1, 0.15) is 0 Å². The first-order chi connectivity index (χ1) is 22.8. The molecule has 9 aromatic rings. The van der Waals surface area contributed by atoms with Gasteiger partial charge in [0.2, 0.25) is 0 Å². The van der Waals surface area contributed by atoms with Crippen molar-refractivity contribution in [1.29, 1.82) is 5.26 Å². The Morgan fingerprint density at radius 3 is 1.65 bits per heavy atom. The van der Waals surface area contributed by atoms with Gasteiger partial charge in [-0.1, -0.05) is 103 Å². The average Bonchev–Trinajstić information content (AvgIpc) is 3.64. The van der Waals surface area contributed by atoms with Crippen molar-refractivity contribution < 1.29 is 0 Å². The number of hydrogen-bond donors (Lipinski definition) is 0. The Bertz CT molecular complexity index is 2600. The highest BCUT2D eigenvalue weighted by Crippen LogP contribution is 2.41. The van der Waals surface area contributed by atoms with E-state index in [0.717, 1.165) is 50.2 Å². The van der Waals surface area contributed by atoms with Crippen molar-refractivity contribution in [3.8, 4) is 39.7 Å². The van der Waals surface area contributed by atoms with E-state index in [1.165, 1.54) is 27.1 Å². The second kappa shape index (κ2) is 10.4. The van der Waals surface area contributed by atoms with Gasteiger partial charge in [0.05, 0.1) is 39.4 Å². The molecule has 0 unspecified atom stereocenters. The number of rotatable bonds is 4. The summed E-state index contributed by atoms with van der Waals surface area (Å²) < 4.78 is 4.70. The van der Waals surface area contributed by atoms with Gasteiger partial charge in [-0.25, -0.2) is 0 Å². The molecule has 0 saturated heterocycles. The summed E-state index contributed by atoms with van der Waals surface area (Å²) in [6.07, 6.45) is 0. The number of benzene rings is 7. The van der Waals surface area contributed by atoms with Gasteiger partial charge in [0, 0.05) is 32.8 Å². The summed E-state index contributed by atoms with van der Waals surface area (Å²) in [5.41, 5.74) is 11.8. The van der Waals surface area contributed by atoms with Gasteiger partial charge in [-0.3, -0.25) is 0 Å². The van der Waals surface area contributed by atoms with E-state index in [2.05, 4.69) is 167 Å². The summed E-state index contributed by atoms with van der Waals surface area (Å²) in [6.45, 7) is 0. The Morgan fingerprint density at radius 1 is 0.391 bits per heavy atom. The van der Waals surface area contributed by atoms with E-state index in [4.69, 9.17) is 0 Å². The second-order valence-corrected chi connectivity index (χ2v) is 11.7. The third-order valence-corrected chi connectivity index (χ3v) is 9.16. The molecule has 0 saturated carbocycles. The lowest BCUT2D eigenvalue weighted by atomic mass is 9.91. The quantitative estimate of drug-likeness (QED) is 0.202. The van der Waals surface area contributed by atoms with E-state index < -0.39 is 0 Å². The molecule has 2 aromatic heterocycles. The Hall–Kier alpha value is -6.37. The van der Waals surface area contributed by atoms with E-state index >= 15 is 0 Å². The van der Waals surface area contributed by atoms with Crippen molar-refractivity contribution in [3.63, 3.8) is 0 Å². The molecule has 2 heterocycles. The van der Waals surface area contributed by atoms with Crippen LogP contribution >= 0.6 is 0 Å². The molecule has 0 N–H and O–H groups in total. The fourth-order valence-corrected chi connectivity index (χ4v) is 7.16. The first kappa shape index (κ1) is 26.1. The fraction of sp³-hybridized carbons (Fsp3) is 0. The Balaban J connectivity index is 1.31. The van der Waals surface area contributed by atoms with Crippen LogP contribution in [0.5, 0.6) is 0 Å². The minimum absolute atomic E-state index is 0.637. The molecule has 3 heteroatoms. The van der Waals surface area contributed by atoms with Crippen LogP contribution in [0.15, 0.2) is 164 Å². The molecule has 0 aliphatic carbocycles. The van der Waals surface area contributed by atoms with Gasteiger partial charge in [-0.05, 0) is 77.4 Å². The number of nitriles is 1. The van der Waals surface area contributed by atoms with Crippen LogP contribution < -0.4 is 0 Å². The number of para-hydroxylation sites is 5. The first-order valence-corrected chi connectivity index (χ1v) is 15.5. The van der Waals surface area contributed by atoms with Crippen LogP contribution in [0.1, 0.15) is 5.56 Å². The summed E-state index contributed by atoms with van der Waals surface area (Å²) in [7, 11) is 0. The molecule has 0 atom stereocenters. The maximum absolute atomic E-state index is 10.0. The number of nitrogens with zero attached hydrogens (tertiary/aromatic N) is 3. The van der Waals surface area contributed by atoms with Crippen LogP contribution in [0.4, 0.5) is 0 Å². The summed E-state index contributed by atoms with van der Waals surface area (Å²) in [6, 6.07) is 60.1. The van der Waals surface area contributed by atoms with Gasteiger partial charge in [-0.2, -0.15) is 5.26 Å². The highest BCUT2D eigenvalue weighted by Gasteiger charge is 2.19. The molecule has 0 bridgehead atoms. The van der Waals surface area contributed by atoms with Crippen molar-refractivity contribution in [3.05, 3.63) is 169 Å². The largest absolute Gasteiger partial charge is 0.309 e. The molecule has 3 nitrogen and oxygen atoms in total. The van der Waals surface area contributed by atoms with Crippen molar-refractivity contribution in [2.45, 2.75) is 0 Å². The molecular weight excluding hydrogens is 558 g/mol. The molecule has 7 aromatic carbocycles. The minimum Gasteiger partial charge on any atom is -0.309 e. The Morgan fingerprint density at radius 2 is 0.957 bits per heavy atom. The SMILES string of the molecule is N#Cc1ccc(-c2ccc3c(c2)c2ccccc2n3-c2ccccc2)c(-c2ccccc2-n2c3ccccc3c3ccccc32)c1. The van der Waals surface area contributed by atoms with Gasteiger partial charge in [0.15, 0.2) is 0 Å². The molecule has 214 valence electrons. The predicted octanol–water partition coefficient (Wildman–Crippen LogP) is 11.1. The molecule has 9 rings (SSSR count). The summed E-state index contributed by atoms with van der Waals surface area (Å²) in [5.74, 6) is 0. The second-order valence-electron chi connectivity index (χ2n) is 11.7. The fourth-order valence-electron chi connectivity index (χ4n) is 7.16. The van der Waals surface area contributed by atoms with Crippen LogP contribution in [-0.4, -0.2) is 9.13 Å². The summed E-state index contributed by atoms with van der Waals surface area (Å²) >= 11 is 0. The van der Waals surface area contributed by atoms with Gasteiger partial charge < -0.3 is 9.13 Å². The zero-order chi connectivity index (χ0) is 30.6. The highest BCUT2D eigenvalue weighted by molar-refractivity contribution is 6.12. The predicted molar refractivity (Wildman–Crippen MR) is 191 cm³/mol. The molecule has 0 radical (unpaired) electrons. The molecule has 0 fully saturated rings. The highest BCUT2D eigenvalue weighted by atomic mass is 15.0. The van der Waals surface area contributed by atoms with E-state index in [1.807, 2.05) is 12.1 Å². The van der Waals surface area contributed by atoms with Crippen LogP contribution in [-0.2, 0) is 0 Å². The first-order valence-electron chi connectivity index (χ1n) is 15.5. The number of fused-ring (bicyclic) bond motifs is 6. The molecule has 0 aliphatic rings. The molecule has 0 spiro atoms. The van der Waals surface area contributed by atoms with Crippen LogP contribution in [0, 0.1) is 11.3 Å². The Labute approximate surface area is 266 Å². The average molecular weight is 586 g/mol. The normalized spacial score (nSPS) is 11.5. The number of aromatic nitrogens is 2. The van der Waals surface area contributed by atoms with Crippen LogP contribution in [0.2, 0.25) is 0 Å². The van der Waals surface area contributed by atoms with Crippen molar-refractivity contribution in [2.24, 2.45) is 0 Å². The topological polar surface area (TPSA) is 33.6 Å². The Kier molecular flexibility index (Phi) is 5.88. The zero-order valence-electron chi connectivity index (χ0n) is 24.9. The minimum atomic E-state index is 0.637. The third kappa shape index (κ3) is 3.91. The van der Waals surface area contributed by atoms with Crippen molar-refractivity contribution in [1.82, 2.24) is 9.13 Å². The standard InChI is InChI=1S/C43H27N3/c44-28-29-22-24-32(30-23-25-43-38(27-30)36-17-7-8-18-39(36)45(43)31-12-2-1-3-13-31)37(26-29)35-16-6-11-21-42(35)46-40-19-9-4-14-33(40)34-15-5-10-20-41(34)46/h1-27H. The zero-order valence-corrected chi connectivity index (χ0v) is 24.9. The van der Waals surface area contributed by atoms with Crippen molar-refractivity contribution >= 4 is 43.6 Å². The lowest BCUT2D eigenvalue weighted by Crippen LogP contribution is -1.98. The maximum Gasteiger partial charge on any atom is 0.0991 e. The van der Waals surface area contributed by atoms with Gasteiger partial charge in [-0.15, -0.1) is 0 Å². The smallest absolute Gasteiger partial charge is 0.0991 e.